The molecule has 6 nitrogen and oxygen atoms in total. The summed E-state index contributed by atoms with van der Waals surface area (Å²) in [7, 11) is 1.27. The minimum atomic E-state index is -1.12. The molecule has 28 heavy (non-hydrogen) atoms. The number of ether oxygens (including phenoxy) is 1. The van der Waals surface area contributed by atoms with Gasteiger partial charge in [-0.05, 0) is 31.2 Å². The smallest absolute Gasteiger partial charge is 0.324 e. The lowest BCUT2D eigenvalue weighted by Gasteiger charge is -2.24. The van der Waals surface area contributed by atoms with Gasteiger partial charge in [0.15, 0.2) is 11.0 Å². The van der Waals surface area contributed by atoms with E-state index in [-0.39, 0.29) is 5.91 Å². The Morgan fingerprint density at radius 3 is 2.36 bits per heavy atom. The van der Waals surface area contributed by atoms with Gasteiger partial charge in [0.2, 0.25) is 5.91 Å². The molecule has 1 unspecified atom stereocenters. The number of hydrogen-bond donors (Lipinski definition) is 1. The minimum Gasteiger partial charge on any atom is -0.468 e. The number of para-hydroxylation sites is 2. The fraction of sp³-hybridized carbons (Fsp3) is 0.190. The second kappa shape index (κ2) is 9.14. The van der Waals surface area contributed by atoms with Gasteiger partial charge in [0.1, 0.15) is 0 Å². The first-order chi connectivity index (χ1) is 13.6. The molecule has 1 aromatic heterocycles. The molecule has 1 atom stereocenters. The van der Waals surface area contributed by atoms with Crippen molar-refractivity contribution < 1.29 is 14.3 Å². The van der Waals surface area contributed by atoms with E-state index in [1.54, 1.807) is 10.3 Å². The predicted octanol–water partition coefficient (Wildman–Crippen LogP) is 4.20. The van der Waals surface area contributed by atoms with Crippen molar-refractivity contribution in [1.82, 2.24) is 4.98 Å². The van der Waals surface area contributed by atoms with E-state index in [9.17, 15) is 9.59 Å². The van der Waals surface area contributed by atoms with E-state index in [4.69, 9.17) is 4.74 Å². The maximum atomic E-state index is 13.2. The van der Waals surface area contributed by atoms with Crippen LogP contribution in [0.3, 0.4) is 0 Å². The fourth-order valence-corrected chi connectivity index (χ4v) is 3.57. The van der Waals surface area contributed by atoms with Crippen molar-refractivity contribution in [3.8, 4) is 0 Å². The van der Waals surface area contributed by atoms with Gasteiger partial charge in [0.25, 0.3) is 0 Å². The number of esters is 1. The Morgan fingerprint density at radius 1 is 1.11 bits per heavy atom. The molecule has 2 aromatic carbocycles. The van der Waals surface area contributed by atoms with E-state index in [2.05, 4.69) is 10.3 Å². The summed E-state index contributed by atoms with van der Waals surface area (Å²) in [5, 5.41) is 5.49. The van der Waals surface area contributed by atoms with Crippen LogP contribution in [0.1, 0.15) is 18.5 Å². The third kappa shape index (κ3) is 4.37. The first-order valence-corrected chi connectivity index (χ1v) is 9.73. The van der Waals surface area contributed by atoms with E-state index in [0.717, 1.165) is 11.4 Å². The Bertz CT molecular complexity index is 928. The summed E-state index contributed by atoms with van der Waals surface area (Å²) in [5.41, 5.74) is 1.97. The molecule has 0 aliphatic carbocycles. The van der Waals surface area contributed by atoms with Crippen LogP contribution >= 0.6 is 11.3 Å². The molecular weight excluding hydrogens is 374 g/mol. The lowest BCUT2D eigenvalue weighted by molar-refractivity contribution is -0.145. The zero-order chi connectivity index (χ0) is 19.9. The molecule has 1 heterocycles. The molecule has 0 aliphatic heterocycles. The van der Waals surface area contributed by atoms with Crippen molar-refractivity contribution >= 4 is 39.7 Å². The molecular formula is C21H21N3O3S. The number of nitrogens with one attached hydrogen (secondary N) is 1. The first-order valence-electron chi connectivity index (χ1n) is 8.85. The highest BCUT2D eigenvalue weighted by Gasteiger charge is 2.35. The van der Waals surface area contributed by atoms with Crippen LogP contribution in [0.2, 0.25) is 0 Å². The Kier molecular flexibility index (Phi) is 6.39. The molecule has 0 fully saturated rings. The van der Waals surface area contributed by atoms with Crippen LogP contribution in [0, 0.1) is 0 Å². The Hall–Kier alpha value is -3.19. The Balaban J connectivity index is 1.88. The van der Waals surface area contributed by atoms with Gasteiger partial charge < -0.3 is 15.0 Å². The number of carbonyl (C=O) groups is 2. The van der Waals surface area contributed by atoms with Gasteiger partial charge in [-0.3, -0.25) is 9.59 Å². The molecule has 1 N–H and O–H groups in total. The second-order valence-corrected chi connectivity index (χ2v) is 6.80. The normalized spacial score (nSPS) is 11.5. The van der Waals surface area contributed by atoms with Gasteiger partial charge in [-0.15, -0.1) is 11.3 Å². The van der Waals surface area contributed by atoms with Crippen LogP contribution < -0.4 is 10.2 Å². The number of hydrogen-bond acceptors (Lipinski definition) is 6. The number of amides is 1. The van der Waals surface area contributed by atoms with E-state index in [0.29, 0.717) is 17.4 Å². The molecule has 3 rings (SSSR count). The third-order valence-electron chi connectivity index (χ3n) is 4.18. The van der Waals surface area contributed by atoms with Gasteiger partial charge >= 0.3 is 5.97 Å². The number of benzene rings is 2. The molecule has 3 aromatic rings. The highest BCUT2D eigenvalue weighted by Crippen LogP contribution is 2.28. The Morgan fingerprint density at radius 2 is 1.75 bits per heavy atom. The second-order valence-electron chi connectivity index (χ2n) is 5.94. The van der Waals surface area contributed by atoms with Crippen molar-refractivity contribution in [2.75, 3.05) is 23.9 Å². The van der Waals surface area contributed by atoms with Crippen molar-refractivity contribution in [2.24, 2.45) is 0 Å². The van der Waals surface area contributed by atoms with Crippen LogP contribution in [-0.2, 0) is 14.3 Å². The molecule has 0 saturated carbocycles. The molecule has 0 spiro atoms. The summed E-state index contributed by atoms with van der Waals surface area (Å²) in [5.74, 6) is -2.11. The van der Waals surface area contributed by atoms with Crippen LogP contribution in [0.4, 0.5) is 16.5 Å². The first kappa shape index (κ1) is 19.6. The lowest BCUT2D eigenvalue weighted by Crippen LogP contribution is -2.38. The molecule has 0 bridgehead atoms. The zero-order valence-electron chi connectivity index (χ0n) is 15.7. The van der Waals surface area contributed by atoms with Gasteiger partial charge in [0.05, 0.1) is 12.8 Å². The molecule has 144 valence electrons. The number of carbonyl (C=O) groups excluding carboxylic acids is 2. The number of rotatable bonds is 7. The van der Waals surface area contributed by atoms with Gasteiger partial charge in [-0.25, -0.2) is 4.98 Å². The van der Waals surface area contributed by atoms with E-state index < -0.39 is 11.9 Å². The molecule has 7 heteroatoms. The maximum Gasteiger partial charge on any atom is 0.324 e. The summed E-state index contributed by atoms with van der Waals surface area (Å²) < 4.78 is 4.90. The topological polar surface area (TPSA) is 71.5 Å². The summed E-state index contributed by atoms with van der Waals surface area (Å²) in [6.07, 6.45) is 0. The van der Waals surface area contributed by atoms with Gasteiger partial charge in [0, 0.05) is 23.3 Å². The van der Waals surface area contributed by atoms with Crippen molar-refractivity contribution in [1.29, 1.82) is 0 Å². The number of aromatic nitrogens is 1. The van der Waals surface area contributed by atoms with Gasteiger partial charge in [-0.1, -0.05) is 36.4 Å². The minimum absolute atomic E-state index is 0.364. The summed E-state index contributed by atoms with van der Waals surface area (Å²) >= 11 is 1.33. The van der Waals surface area contributed by atoms with E-state index in [1.165, 1.54) is 18.4 Å². The van der Waals surface area contributed by atoms with Crippen molar-refractivity contribution in [3.05, 3.63) is 71.7 Å². The summed E-state index contributed by atoms with van der Waals surface area (Å²) in [4.78, 5) is 31.7. The quantitative estimate of drug-likeness (QED) is 0.480. The number of likely N-dealkylation sites (N-methyl/N-ethyl adjacent to an activating group) is 1. The fourth-order valence-electron chi connectivity index (χ4n) is 2.82. The van der Waals surface area contributed by atoms with Gasteiger partial charge in [-0.2, -0.15) is 0 Å². The Labute approximate surface area is 167 Å². The average molecular weight is 395 g/mol. The molecule has 0 radical (unpaired) electrons. The maximum absolute atomic E-state index is 13.2. The SMILES string of the molecule is CCN(C(=O)C(C(=O)OC)c1csc(Nc2ccccc2)n1)c1ccccc1. The monoisotopic (exact) mass is 395 g/mol. The third-order valence-corrected chi connectivity index (χ3v) is 4.95. The number of anilines is 3. The number of nitrogens with zero attached hydrogens (tertiary/aromatic N) is 2. The van der Waals surface area contributed by atoms with Crippen LogP contribution in [-0.4, -0.2) is 30.5 Å². The number of thiazole rings is 1. The number of methoxy groups -OCH3 is 1. The van der Waals surface area contributed by atoms with Crippen LogP contribution in [0.5, 0.6) is 0 Å². The van der Waals surface area contributed by atoms with E-state index in [1.807, 2.05) is 67.6 Å². The zero-order valence-corrected chi connectivity index (χ0v) is 16.5. The highest BCUT2D eigenvalue weighted by atomic mass is 32.1. The lowest BCUT2D eigenvalue weighted by atomic mass is 10.0. The van der Waals surface area contributed by atoms with E-state index >= 15 is 0 Å². The average Bonchev–Trinajstić information content (AvgIpc) is 3.18. The van der Waals surface area contributed by atoms with Crippen molar-refractivity contribution in [2.45, 2.75) is 12.8 Å². The van der Waals surface area contributed by atoms with Crippen LogP contribution in [0.15, 0.2) is 66.0 Å². The predicted molar refractivity (Wildman–Crippen MR) is 111 cm³/mol. The van der Waals surface area contributed by atoms with Crippen molar-refractivity contribution in [3.63, 3.8) is 0 Å². The largest absolute Gasteiger partial charge is 0.468 e. The summed E-state index contributed by atoms with van der Waals surface area (Å²) in [6.45, 7) is 2.29. The van der Waals surface area contributed by atoms with Crippen LogP contribution in [0.25, 0.3) is 0 Å². The molecule has 0 aliphatic rings. The molecule has 0 saturated heterocycles. The standard InChI is InChI=1S/C21H21N3O3S/c1-3-24(16-12-8-5-9-13-16)19(25)18(20(26)27-2)17-14-28-21(23-17)22-15-10-6-4-7-11-15/h4-14,18H,3H2,1-2H3,(H,22,23). The summed E-state index contributed by atoms with van der Waals surface area (Å²) in [6, 6.07) is 18.8. The molecule has 1 amide bonds. The highest BCUT2D eigenvalue weighted by molar-refractivity contribution is 7.13.